The highest BCUT2D eigenvalue weighted by Gasteiger charge is 2.44. The fourth-order valence-corrected chi connectivity index (χ4v) is 0.655. The molecule has 6 nitrogen and oxygen atoms in total. The minimum absolute atomic E-state index is 0.811. The van der Waals surface area contributed by atoms with Crippen LogP contribution in [-0.2, 0) is 4.79 Å². The number of aliphatic hydroxyl groups excluding tert-OH is 1. The number of urea groups is 1. The van der Waals surface area contributed by atoms with Crippen molar-refractivity contribution in [1.29, 1.82) is 0 Å². The zero-order valence-corrected chi connectivity index (χ0v) is 5.79. The van der Waals surface area contributed by atoms with Crippen LogP contribution in [0.4, 0.5) is 4.79 Å². The number of imide groups is 1. The Balaban J connectivity index is 2.84. The van der Waals surface area contributed by atoms with Gasteiger partial charge in [-0.2, -0.15) is 0 Å². The molecule has 11 heavy (non-hydrogen) atoms. The van der Waals surface area contributed by atoms with E-state index in [0.717, 1.165) is 6.92 Å². The van der Waals surface area contributed by atoms with E-state index in [4.69, 9.17) is 10.2 Å². The number of hydrogen-bond donors (Lipinski definition) is 4. The minimum Gasteiger partial charge on any atom is -0.376 e. The molecule has 4 N–H and O–H groups in total. The van der Waals surface area contributed by atoms with Crippen LogP contribution in [0.5, 0.6) is 0 Å². The molecule has 0 spiro atoms. The molecule has 0 aliphatic carbocycles. The van der Waals surface area contributed by atoms with E-state index in [1.807, 2.05) is 5.32 Å². The van der Waals surface area contributed by atoms with Crippen molar-refractivity contribution in [3.8, 4) is 0 Å². The van der Waals surface area contributed by atoms with Crippen LogP contribution in [0.15, 0.2) is 0 Å². The Labute approximate surface area is 62.2 Å². The monoisotopic (exact) mass is 160 g/mol. The molecule has 0 unspecified atom stereocenters. The molecule has 0 aromatic carbocycles. The lowest BCUT2D eigenvalue weighted by Gasteiger charge is -2.32. The van der Waals surface area contributed by atoms with Crippen LogP contribution in [0, 0.1) is 0 Å². The molecule has 1 heterocycles. The topological polar surface area (TPSA) is 98.7 Å². The Kier molecular flexibility index (Phi) is 1.57. The highest BCUT2D eigenvalue weighted by atomic mass is 16.4. The van der Waals surface area contributed by atoms with Gasteiger partial charge in [-0.25, -0.2) is 4.79 Å². The summed E-state index contributed by atoms with van der Waals surface area (Å²) >= 11 is 0. The molecule has 1 saturated heterocycles. The van der Waals surface area contributed by atoms with Gasteiger partial charge in [0.05, 0.1) is 0 Å². The van der Waals surface area contributed by atoms with Gasteiger partial charge in [0.25, 0.3) is 5.91 Å². The zero-order chi connectivity index (χ0) is 8.65. The van der Waals surface area contributed by atoms with Crippen LogP contribution >= 0.6 is 0 Å². The van der Waals surface area contributed by atoms with Crippen molar-refractivity contribution in [2.75, 3.05) is 0 Å². The molecule has 62 valence electrons. The van der Waals surface area contributed by atoms with Crippen molar-refractivity contribution < 1.29 is 19.8 Å². The summed E-state index contributed by atoms with van der Waals surface area (Å²) in [6, 6.07) is -0.811. The summed E-state index contributed by atoms with van der Waals surface area (Å²) in [5.74, 6) is -0.909. The SMILES string of the molecule is C[C@]1(O)C(=O)NC(=O)N[C@@H]1O. The molecule has 0 saturated carbocycles. The first-order valence-corrected chi connectivity index (χ1v) is 2.97. The average Bonchev–Trinajstić information content (AvgIpc) is 1.84. The predicted octanol–water partition coefficient (Wildman–Crippen LogP) is -2.10. The van der Waals surface area contributed by atoms with Gasteiger partial charge in [0.15, 0.2) is 11.8 Å². The minimum atomic E-state index is -1.95. The van der Waals surface area contributed by atoms with E-state index < -0.39 is 23.8 Å². The maximum absolute atomic E-state index is 10.8. The largest absolute Gasteiger partial charge is 0.376 e. The first kappa shape index (κ1) is 7.96. The summed E-state index contributed by atoms with van der Waals surface area (Å²) in [4.78, 5) is 21.2. The van der Waals surface area contributed by atoms with E-state index in [1.165, 1.54) is 0 Å². The smallest absolute Gasteiger partial charge is 0.323 e. The van der Waals surface area contributed by atoms with Crippen molar-refractivity contribution >= 4 is 11.9 Å². The van der Waals surface area contributed by atoms with Gasteiger partial charge in [-0.05, 0) is 6.92 Å². The summed E-state index contributed by atoms with van der Waals surface area (Å²) < 4.78 is 0. The first-order valence-electron chi connectivity index (χ1n) is 2.97. The lowest BCUT2D eigenvalue weighted by molar-refractivity contribution is -0.153. The number of nitrogens with one attached hydrogen (secondary N) is 2. The molecule has 6 heteroatoms. The molecular weight excluding hydrogens is 152 g/mol. The fraction of sp³-hybridized carbons (Fsp3) is 0.600. The molecule has 0 aromatic rings. The van der Waals surface area contributed by atoms with Crippen LogP contribution in [0.1, 0.15) is 6.92 Å². The van der Waals surface area contributed by atoms with Crippen LogP contribution in [0.25, 0.3) is 0 Å². The molecule has 1 aliphatic rings. The maximum atomic E-state index is 10.8. The Bertz CT molecular complexity index is 213. The maximum Gasteiger partial charge on any atom is 0.323 e. The number of carbonyl (C=O) groups excluding carboxylic acids is 2. The fourth-order valence-electron chi connectivity index (χ4n) is 0.655. The van der Waals surface area contributed by atoms with Crippen LogP contribution < -0.4 is 10.6 Å². The van der Waals surface area contributed by atoms with E-state index in [-0.39, 0.29) is 0 Å². The third kappa shape index (κ3) is 1.17. The number of rotatable bonds is 0. The average molecular weight is 160 g/mol. The van der Waals surface area contributed by atoms with Crippen LogP contribution in [0.2, 0.25) is 0 Å². The first-order chi connectivity index (χ1) is 4.94. The molecule has 0 radical (unpaired) electrons. The van der Waals surface area contributed by atoms with Gasteiger partial charge in [0.1, 0.15) is 0 Å². The second kappa shape index (κ2) is 2.18. The third-order valence-corrected chi connectivity index (χ3v) is 1.49. The Hall–Kier alpha value is -1.14. The summed E-state index contributed by atoms with van der Waals surface area (Å²) in [5, 5.41) is 21.8. The van der Waals surface area contributed by atoms with E-state index in [9.17, 15) is 9.59 Å². The van der Waals surface area contributed by atoms with E-state index in [0.29, 0.717) is 0 Å². The van der Waals surface area contributed by atoms with E-state index in [1.54, 1.807) is 5.32 Å². The third-order valence-electron chi connectivity index (χ3n) is 1.49. The number of amides is 3. The summed E-state index contributed by atoms with van der Waals surface area (Å²) in [5.41, 5.74) is -1.95. The van der Waals surface area contributed by atoms with Gasteiger partial charge in [0.2, 0.25) is 0 Å². The van der Waals surface area contributed by atoms with Gasteiger partial charge < -0.3 is 15.5 Å². The lowest BCUT2D eigenvalue weighted by Crippen LogP contribution is -2.67. The highest BCUT2D eigenvalue weighted by molar-refractivity contribution is 6.01. The van der Waals surface area contributed by atoms with Crippen molar-refractivity contribution in [2.45, 2.75) is 18.8 Å². The second-order valence-corrected chi connectivity index (χ2v) is 2.48. The van der Waals surface area contributed by atoms with Gasteiger partial charge in [-0.15, -0.1) is 0 Å². The predicted molar refractivity (Wildman–Crippen MR) is 33.3 cm³/mol. The highest BCUT2D eigenvalue weighted by Crippen LogP contribution is 2.10. The molecule has 2 atom stereocenters. The molecule has 0 aromatic heterocycles. The zero-order valence-electron chi connectivity index (χ0n) is 5.79. The number of aliphatic hydroxyl groups is 2. The molecule has 0 bridgehead atoms. The van der Waals surface area contributed by atoms with E-state index in [2.05, 4.69) is 0 Å². The van der Waals surface area contributed by atoms with Crippen LogP contribution in [-0.4, -0.2) is 34.0 Å². The van der Waals surface area contributed by atoms with Crippen molar-refractivity contribution in [3.05, 3.63) is 0 Å². The summed E-state index contributed by atoms with van der Waals surface area (Å²) in [6.45, 7) is 1.10. The van der Waals surface area contributed by atoms with Gasteiger partial charge in [0, 0.05) is 0 Å². The normalized spacial score (nSPS) is 37.9. The quantitative estimate of drug-likeness (QED) is 0.326. The summed E-state index contributed by atoms with van der Waals surface area (Å²) in [6.07, 6.45) is -1.55. The van der Waals surface area contributed by atoms with Gasteiger partial charge >= 0.3 is 6.03 Å². The van der Waals surface area contributed by atoms with E-state index >= 15 is 0 Å². The number of carbonyl (C=O) groups is 2. The standard InChI is InChI=1S/C5H8N2O4/c1-5(11)2(8)6-4(10)7-3(5)9/h2,8,11H,1H3,(H2,6,7,9,10)/t2-,5-/m1/s1. The number of hydrogen-bond acceptors (Lipinski definition) is 4. The Morgan fingerprint density at radius 1 is 1.55 bits per heavy atom. The van der Waals surface area contributed by atoms with Crippen molar-refractivity contribution in [3.63, 3.8) is 0 Å². The second-order valence-electron chi connectivity index (χ2n) is 2.48. The van der Waals surface area contributed by atoms with Crippen molar-refractivity contribution in [1.82, 2.24) is 10.6 Å². The molecule has 1 fully saturated rings. The lowest BCUT2D eigenvalue weighted by atomic mass is 10.0. The van der Waals surface area contributed by atoms with Gasteiger partial charge in [-0.1, -0.05) is 0 Å². The molecular formula is C5H8N2O4. The Morgan fingerprint density at radius 3 is 2.55 bits per heavy atom. The summed E-state index contributed by atoms with van der Waals surface area (Å²) in [7, 11) is 0. The van der Waals surface area contributed by atoms with Gasteiger partial charge in [-0.3, -0.25) is 10.1 Å². The molecule has 1 aliphatic heterocycles. The van der Waals surface area contributed by atoms with Crippen LogP contribution in [0.3, 0.4) is 0 Å². The molecule has 1 rings (SSSR count). The van der Waals surface area contributed by atoms with Crippen molar-refractivity contribution in [2.24, 2.45) is 0 Å². The molecule has 3 amide bonds. The Morgan fingerprint density at radius 2 is 2.09 bits per heavy atom.